The van der Waals surface area contributed by atoms with Gasteiger partial charge in [-0.15, -0.1) is 0 Å². The molecule has 0 aliphatic heterocycles. The van der Waals surface area contributed by atoms with Gasteiger partial charge >= 0.3 is 0 Å². The first-order valence-corrected chi connectivity index (χ1v) is 8.46. The van der Waals surface area contributed by atoms with Gasteiger partial charge in [-0.1, -0.05) is 46.9 Å². The van der Waals surface area contributed by atoms with Gasteiger partial charge in [0.15, 0.2) is 0 Å². The van der Waals surface area contributed by atoms with Crippen LogP contribution in [0.5, 0.6) is 0 Å². The first kappa shape index (κ1) is 19.3. The van der Waals surface area contributed by atoms with Crippen LogP contribution in [-0.2, 0) is 4.79 Å². The van der Waals surface area contributed by atoms with Gasteiger partial charge in [0.2, 0.25) is 0 Å². The predicted molar refractivity (Wildman–Crippen MR) is 106 cm³/mol. The minimum absolute atomic E-state index is 0.148. The van der Waals surface area contributed by atoms with E-state index in [1.165, 1.54) is 7.05 Å². The number of hydrogen-bond donors (Lipinski definition) is 3. The third-order valence-corrected chi connectivity index (χ3v) is 4.33. The molecule has 7 heteroatoms. The lowest BCUT2D eigenvalue weighted by Crippen LogP contribution is -2.28. The molecule has 0 heterocycles. The van der Waals surface area contributed by atoms with E-state index in [1.807, 2.05) is 0 Å². The molecular weight excluding hydrogens is 381 g/mol. The van der Waals surface area contributed by atoms with Crippen LogP contribution in [0.4, 0.5) is 5.69 Å². The van der Waals surface area contributed by atoms with Gasteiger partial charge in [0, 0.05) is 22.7 Å². The number of halogens is 3. The molecule has 0 spiro atoms. The van der Waals surface area contributed by atoms with Crippen LogP contribution in [0.25, 0.3) is 5.70 Å². The molecule has 0 aromatic heterocycles. The molecule has 2 aromatic rings. The van der Waals surface area contributed by atoms with Crippen LogP contribution in [0.2, 0.25) is 15.1 Å². The lowest BCUT2D eigenvalue weighted by Gasteiger charge is -2.17. The Morgan fingerprint density at radius 2 is 1.60 bits per heavy atom. The molecule has 0 radical (unpaired) electrons. The van der Waals surface area contributed by atoms with Gasteiger partial charge < -0.3 is 10.6 Å². The van der Waals surface area contributed by atoms with Gasteiger partial charge in [-0.05, 0) is 42.8 Å². The Labute approximate surface area is 161 Å². The molecule has 0 aliphatic rings. The van der Waals surface area contributed by atoms with Gasteiger partial charge in [0.05, 0.1) is 16.4 Å². The van der Waals surface area contributed by atoms with Crippen molar-refractivity contribution in [1.82, 2.24) is 5.32 Å². The SMILES string of the molecule is CNC(=O)C(=N)/C(C)=C(\Nc1ccc(Cl)cc1Cl)c1ccc(Cl)cc1. The van der Waals surface area contributed by atoms with E-state index in [2.05, 4.69) is 10.6 Å². The van der Waals surface area contributed by atoms with Crippen molar-refractivity contribution in [2.75, 3.05) is 12.4 Å². The molecule has 4 nitrogen and oxygen atoms in total. The van der Waals surface area contributed by atoms with Gasteiger partial charge in [0.1, 0.15) is 5.71 Å². The summed E-state index contributed by atoms with van der Waals surface area (Å²) in [6.45, 7) is 1.69. The molecular formula is C18H16Cl3N3O. The molecule has 0 saturated heterocycles. The zero-order valence-corrected chi connectivity index (χ0v) is 15.9. The van der Waals surface area contributed by atoms with E-state index in [0.29, 0.717) is 32.0 Å². The fourth-order valence-corrected chi connectivity index (χ4v) is 2.73. The summed E-state index contributed by atoms with van der Waals surface area (Å²) in [6, 6.07) is 12.1. The molecule has 130 valence electrons. The Morgan fingerprint density at radius 3 is 2.16 bits per heavy atom. The maximum Gasteiger partial charge on any atom is 0.269 e. The van der Waals surface area contributed by atoms with E-state index in [1.54, 1.807) is 49.4 Å². The quantitative estimate of drug-likeness (QED) is 0.604. The van der Waals surface area contributed by atoms with Gasteiger partial charge in [-0.2, -0.15) is 0 Å². The molecule has 0 saturated carbocycles. The van der Waals surface area contributed by atoms with Crippen molar-refractivity contribution in [3.05, 3.63) is 68.7 Å². The van der Waals surface area contributed by atoms with Crippen LogP contribution in [0.3, 0.4) is 0 Å². The Bertz CT molecular complexity index is 845. The van der Waals surface area contributed by atoms with Crippen molar-refractivity contribution in [3.8, 4) is 0 Å². The highest BCUT2D eigenvalue weighted by atomic mass is 35.5. The maximum atomic E-state index is 11.8. The van der Waals surface area contributed by atoms with Crippen molar-refractivity contribution in [2.24, 2.45) is 0 Å². The summed E-state index contributed by atoms with van der Waals surface area (Å²) in [4.78, 5) is 11.8. The average Bonchev–Trinajstić information content (AvgIpc) is 2.60. The molecule has 25 heavy (non-hydrogen) atoms. The molecule has 0 unspecified atom stereocenters. The molecule has 2 rings (SSSR count). The molecule has 0 bridgehead atoms. The molecule has 1 amide bonds. The van der Waals surface area contributed by atoms with Gasteiger partial charge in [-0.3, -0.25) is 10.2 Å². The summed E-state index contributed by atoms with van der Waals surface area (Å²) >= 11 is 18.1. The van der Waals surface area contributed by atoms with Gasteiger partial charge in [-0.25, -0.2) is 0 Å². The highest BCUT2D eigenvalue weighted by Gasteiger charge is 2.16. The van der Waals surface area contributed by atoms with E-state index >= 15 is 0 Å². The Kier molecular flexibility index (Phi) is 6.48. The van der Waals surface area contributed by atoms with E-state index in [4.69, 9.17) is 40.2 Å². The fraction of sp³-hybridized carbons (Fsp3) is 0.111. The summed E-state index contributed by atoms with van der Waals surface area (Å²) in [5, 5.41) is 15.3. The summed E-state index contributed by atoms with van der Waals surface area (Å²) < 4.78 is 0. The van der Waals surface area contributed by atoms with Crippen molar-refractivity contribution in [1.29, 1.82) is 5.41 Å². The minimum Gasteiger partial charge on any atom is -0.354 e. The Hall–Kier alpha value is -2.01. The molecule has 0 aliphatic carbocycles. The minimum atomic E-state index is -0.479. The van der Waals surface area contributed by atoms with Crippen molar-refractivity contribution in [3.63, 3.8) is 0 Å². The van der Waals surface area contributed by atoms with Gasteiger partial charge in [0.25, 0.3) is 5.91 Å². The van der Waals surface area contributed by atoms with Crippen LogP contribution < -0.4 is 10.6 Å². The summed E-state index contributed by atoms with van der Waals surface area (Å²) in [6.07, 6.45) is 0. The van der Waals surface area contributed by atoms with E-state index in [-0.39, 0.29) is 5.71 Å². The zero-order chi connectivity index (χ0) is 18.6. The Morgan fingerprint density at radius 1 is 1.00 bits per heavy atom. The zero-order valence-electron chi connectivity index (χ0n) is 13.6. The lowest BCUT2D eigenvalue weighted by atomic mass is 10.0. The number of amides is 1. The smallest absolute Gasteiger partial charge is 0.269 e. The second-order valence-corrected chi connectivity index (χ2v) is 6.49. The van der Waals surface area contributed by atoms with Crippen LogP contribution in [-0.4, -0.2) is 18.7 Å². The number of benzene rings is 2. The standard InChI is InChI=1S/C18H16Cl3N3O/c1-10(16(22)18(25)23-2)17(11-3-5-12(19)6-4-11)24-15-8-7-13(20)9-14(15)21/h3-9,22,24H,1-2H3,(H,23,25)/b17-10-,22-16?. The first-order valence-electron chi connectivity index (χ1n) is 7.33. The average molecular weight is 397 g/mol. The highest BCUT2D eigenvalue weighted by Crippen LogP contribution is 2.30. The second kappa shape index (κ2) is 8.39. The maximum absolute atomic E-state index is 11.8. The molecule has 3 N–H and O–H groups in total. The van der Waals surface area contributed by atoms with E-state index in [9.17, 15) is 4.79 Å². The number of carbonyl (C=O) groups excluding carboxylic acids is 1. The monoisotopic (exact) mass is 395 g/mol. The third-order valence-electron chi connectivity index (χ3n) is 3.53. The topological polar surface area (TPSA) is 65.0 Å². The van der Waals surface area contributed by atoms with Crippen LogP contribution in [0, 0.1) is 5.41 Å². The van der Waals surface area contributed by atoms with Crippen LogP contribution in [0.1, 0.15) is 12.5 Å². The van der Waals surface area contributed by atoms with Crippen molar-refractivity contribution < 1.29 is 4.79 Å². The number of carbonyl (C=O) groups is 1. The lowest BCUT2D eigenvalue weighted by molar-refractivity contribution is -0.114. The van der Waals surface area contributed by atoms with E-state index in [0.717, 1.165) is 5.56 Å². The van der Waals surface area contributed by atoms with Crippen LogP contribution in [0.15, 0.2) is 48.0 Å². The molecule has 2 aromatic carbocycles. The number of rotatable bonds is 5. The number of hydrogen-bond acceptors (Lipinski definition) is 3. The third kappa shape index (κ3) is 4.75. The Balaban J connectivity index is 2.54. The summed E-state index contributed by atoms with van der Waals surface area (Å²) in [5.41, 5.74) is 2.27. The van der Waals surface area contributed by atoms with Crippen molar-refractivity contribution >= 4 is 57.8 Å². The van der Waals surface area contributed by atoms with Crippen molar-refractivity contribution in [2.45, 2.75) is 6.92 Å². The molecule has 0 atom stereocenters. The normalized spacial score (nSPS) is 11.6. The summed E-state index contributed by atoms with van der Waals surface area (Å²) in [7, 11) is 1.48. The van der Waals surface area contributed by atoms with E-state index < -0.39 is 5.91 Å². The van der Waals surface area contributed by atoms with Crippen LogP contribution >= 0.6 is 34.8 Å². The number of anilines is 1. The summed E-state index contributed by atoms with van der Waals surface area (Å²) in [5.74, 6) is -0.479. The highest BCUT2D eigenvalue weighted by molar-refractivity contribution is 6.45. The second-order valence-electron chi connectivity index (χ2n) is 5.21. The first-order chi connectivity index (χ1) is 11.8. The number of nitrogens with one attached hydrogen (secondary N) is 3. The predicted octanol–water partition coefficient (Wildman–Crippen LogP) is 5.26. The largest absolute Gasteiger partial charge is 0.354 e. The molecule has 0 fully saturated rings. The fourth-order valence-electron chi connectivity index (χ4n) is 2.14.